The lowest BCUT2D eigenvalue weighted by Gasteiger charge is -2.63. The number of methoxy groups -OCH3 is 1. The number of fused-ring (bicyclic) bond motifs is 6. The molecule has 0 radical (unpaired) electrons. The molecule has 10 atom stereocenters. The Morgan fingerprint density at radius 3 is 2.69 bits per heavy atom. The zero-order valence-corrected chi connectivity index (χ0v) is 30.9. The molecule has 6 heterocycles. The van der Waals surface area contributed by atoms with Crippen LogP contribution in [0.15, 0.2) is 48.6 Å². The van der Waals surface area contributed by atoms with Crippen molar-refractivity contribution in [1.29, 1.82) is 0 Å². The van der Waals surface area contributed by atoms with Crippen LogP contribution in [0.2, 0.25) is 0 Å². The van der Waals surface area contributed by atoms with Crippen molar-refractivity contribution >= 4 is 22.5 Å². The second kappa shape index (κ2) is 11.8. The van der Waals surface area contributed by atoms with Gasteiger partial charge in [-0.3, -0.25) is 20.0 Å². The topological polar surface area (TPSA) is 151 Å². The molecule has 7 N–H and O–H groups in total. The van der Waals surface area contributed by atoms with Gasteiger partial charge in [0.25, 0.3) is 5.91 Å². The molecule has 11 heteroatoms. The number of piperidine rings is 1. The molecule has 1 unspecified atom stereocenters. The van der Waals surface area contributed by atoms with E-state index in [0.717, 1.165) is 73.5 Å². The summed E-state index contributed by atoms with van der Waals surface area (Å²) >= 11 is 0. The number of benzene rings is 2. The molecule has 9 rings (SSSR count). The number of amides is 1. The van der Waals surface area contributed by atoms with E-state index in [4.69, 9.17) is 10.6 Å². The Morgan fingerprint density at radius 2 is 1.94 bits per heavy atom. The lowest BCUT2D eigenvalue weighted by molar-refractivity contribution is -0.203. The molecule has 3 aromatic rings. The van der Waals surface area contributed by atoms with Crippen LogP contribution in [-0.2, 0) is 16.6 Å². The van der Waals surface area contributed by atoms with Gasteiger partial charge < -0.3 is 29.9 Å². The number of nitrogens with two attached hydrogens (primary N) is 1. The van der Waals surface area contributed by atoms with Gasteiger partial charge in [0.15, 0.2) is 5.60 Å². The maximum Gasteiger partial charge on any atom is 0.270 e. The number of aromatic nitrogens is 1. The van der Waals surface area contributed by atoms with E-state index in [1.165, 1.54) is 16.6 Å². The molecule has 1 saturated carbocycles. The predicted octanol–water partition coefficient (Wildman–Crippen LogP) is 2.91. The molecule has 2 bridgehead atoms. The first-order chi connectivity index (χ1) is 25.0. The molecule has 2 saturated heterocycles. The number of rotatable bonds is 5. The normalized spacial score (nSPS) is 39.2. The van der Waals surface area contributed by atoms with Gasteiger partial charge in [0.05, 0.1) is 18.8 Å². The minimum Gasteiger partial charge on any atom is -0.496 e. The average Bonchev–Trinajstić information content (AvgIpc) is 3.81. The predicted molar refractivity (Wildman–Crippen MR) is 200 cm³/mol. The average molecular weight is 711 g/mol. The van der Waals surface area contributed by atoms with Gasteiger partial charge in [-0.2, -0.15) is 0 Å². The first-order valence-electron chi connectivity index (χ1n) is 19.3. The summed E-state index contributed by atoms with van der Waals surface area (Å²) < 4.78 is 6.32. The van der Waals surface area contributed by atoms with Crippen molar-refractivity contribution in [2.45, 2.75) is 93.1 Å². The number of aliphatic hydroxyl groups is 3. The molecule has 1 aliphatic carbocycles. The minimum atomic E-state index is -2.20. The van der Waals surface area contributed by atoms with Gasteiger partial charge >= 0.3 is 0 Å². The molecule has 1 spiro atoms. The lowest BCUT2D eigenvalue weighted by Crippen LogP contribution is -2.82. The number of ether oxygens (including phenoxy) is 1. The van der Waals surface area contributed by atoms with E-state index in [2.05, 4.69) is 75.7 Å². The molecule has 278 valence electrons. The van der Waals surface area contributed by atoms with E-state index in [9.17, 15) is 20.1 Å². The summed E-state index contributed by atoms with van der Waals surface area (Å²) in [6.07, 6.45) is 7.18. The number of hydrogen-bond donors (Lipinski definition) is 6. The molecule has 1 amide bonds. The maximum absolute atomic E-state index is 13.9. The summed E-state index contributed by atoms with van der Waals surface area (Å²) in [5, 5.41) is 38.1. The van der Waals surface area contributed by atoms with Crippen LogP contribution in [0.25, 0.3) is 10.9 Å². The van der Waals surface area contributed by atoms with Crippen LogP contribution in [0.3, 0.4) is 0 Å². The summed E-state index contributed by atoms with van der Waals surface area (Å²) in [7, 11) is 3.65. The minimum absolute atomic E-state index is 0.0624. The van der Waals surface area contributed by atoms with E-state index in [0.29, 0.717) is 25.8 Å². The number of likely N-dealkylation sites (N-methyl/N-ethyl adjacent to an activating group) is 1. The van der Waals surface area contributed by atoms with Crippen molar-refractivity contribution in [2.24, 2.45) is 17.2 Å². The molecule has 2 aromatic carbocycles. The lowest BCUT2D eigenvalue weighted by atomic mass is 9.47. The number of nitrogens with one attached hydrogen (secondary N) is 2. The van der Waals surface area contributed by atoms with E-state index >= 15 is 0 Å². The molecule has 52 heavy (non-hydrogen) atoms. The highest BCUT2D eigenvalue weighted by molar-refractivity contribution is 5.90. The van der Waals surface area contributed by atoms with Crippen LogP contribution in [-0.4, -0.2) is 112 Å². The van der Waals surface area contributed by atoms with Crippen LogP contribution < -0.4 is 20.9 Å². The van der Waals surface area contributed by atoms with Crippen molar-refractivity contribution in [3.8, 4) is 5.75 Å². The fourth-order valence-corrected chi connectivity index (χ4v) is 12.6. The van der Waals surface area contributed by atoms with Crippen molar-refractivity contribution < 1.29 is 24.9 Å². The largest absolute Gasteiger partial charge is 0.496 e. The third-order valence-corrected chi connectivity index (χ3v) is 14.7. The second-order valence-electron chi connectivity index (χ2n) is 16.9. The smallest absolute Gasteiger partial charge is 0.270 e. The standard InChI is InChI=1S/C41H54N6O5/c1-5-38(50)21-24-18-28(33-26(12-16-46(22-24)23-38)25-10-7-8-11-30(25)43-33)27-19-29-31(20-32(27)52-4)45(3)35-40(29)14-17-47-15-9-13-39(6-2,34(40)47)36(48)41(35,51)37(49)44-42/h7-11,13,19-20,24,28,34-36,43,48,50-51H,5-6,12,14-18,21-23,42H2,1-4H3,(H,44,49)/t24-,28+,34-,35+,36+,38-,39+,40+,41-/m0/s1. The van der Waals surface area contributed by atoms with Crippen molar-refractivity contribution in [3.05, 3.63) is 70.9 Å². The van der Waals surface area contributed by atoms with Crippen molar-refractivity contribution in [3.63, 3.8) is 0 Å². The fraction of sp³-hybridized carbons (Fsp3) is 0.585. The van der Waals surface area contributed by atoms with Gasteiger partial charge in [0.2, 0.25) is 0 Å². The Morgan fingerprint density at radius 1 is 1.13 bits per heavy atom. The molecule has 6 aliphatic rings. The fourth-order valence-electron chi connectivity index (χ4n) is 12.6. The molecular weight excluding hydrogens is 656 g/mol. The highest BCUT2D eigenvalue weighted by Crippen LogP contribution is 2.67. The number of carbonyl (C=O) groups is 1. The molecule has 5 aliphatic heterocycles. The highest BCUT2D eigenvalue weighted by Gasteiger charge is 2.78. The van der Waals surface area contributed by atoms with Crippen LogP contribution in [0.5, 0.6) is 5.75 Å². The molecule has 1 aromatic heterocycles. The zero-order chi connectivity index (χ0) is 36.4. The van der Waals surface area contributed by atoms with Crippen molar-refractivity contribution in [1.82, 2.24) is 20.2 Å². The number of para-hydroxylation sites is 1. The molecule has 11 nitrogen and oxygen atoms in total. The summed E-state index contributed by atoms with van der Waals surface area (Å²) in [5.74, 6) is 6.00. The Hall–Kier alpha value is -3.45. The highest BCUT2D eigenvalue weighted by atomic mass is 16.5. The molecule has 3 fully saturated rings. The Labute approximate surface area is 305 Å². The number of nitrogens with zero attached hydrogens (tertiary/aromatic N) is 3. The first-order valence-corrected chi connectivity index (χ1v) is 19.3. The van der Waals surface area contributed by atoms with Crippen molar-refractivity contribution in [2.75, 3.05) is 51.8 Å². The number of hydrazine groups is 1. The number of aromatic amines is 1. The molecular formula is C41H54N6O5. The first kappa shape index (κ1) is 34.3. The number of hydrogen-bond acceptors (Lipinski definition) is 9. The number of H-pyrrole nitrogens is 1. The number of carbonyl (C=O) groups excluding carboxylic acids is 1. The van der Waals surface area contributed by atoms with E-state index in [1.807, 2.05) is 18.9 Å². The second-order valence-corrected chi connectivity index (χ2v) is 16.9. The SMILES string of the molecule is CC[C@]1(O)C[C@@H]2C[C@H](c3cc4c(cc3OC)N(C)[C@H]3[C@@](O)(C(=O)NN)[C@H](O)[C@]5(CC)C=CCN6CC[C@]43[C@@H]65)c3[nH]c4ccccc4c3CCN(C2)C1. The summed E-state index contributed by atoms with van der Waals surface area (Å²) in [5.41, 5.74) is 4.43. The van der Waals surface area contributed by atoms with Gasteiger partial charge in [-0.05, 0) is 74.2 Å². The third-order valence-electron chi connectivity index (χ3n) is 14.7. The van der Waals surface area contributed by atoms with E-state index < -0.39 is 40.1 Å². The van der Waals surface area contributed by atoms with E-state index in [-0.39, 0.29) is 17.9 Å². The summed E-state index contributed by atoms with van der Waals surface area (Å²) in [6, 6.07) is 12.1. The van der Waals surface area contributed by atoms with Gasteiger partial charge in [-0.1, -0.05) is 44.2 Å². The van der Waals surface area contributed by atoms with Gasteiger partial charge in [0, 0.05) is 89.9 Å². The van der Waals surface area contributed by atoms with Gasteiger partial charge in [0.1, 0.15) is 11.9 Å². The maximum atomic E-state index is 13.9. The summed E-state index contributed by atoms with van der Waals surface area (Å²) in [4.78, 5) is 24.7. The van der Waals surface area contributed by atoms with Gasteiger partial charge in [-0.15, -0.1) is 0 Å². The van der Waals surface area contributed by atoms with Crippen LogP contribution >= 0.6 is 0 Å². The quantitative estimate of drug-likeness (QED) is 0.102. The van der Waals surface area contributed by atoms with E-state index in [1.54, 1.807) is 7.11 Å². The summed E-state index contributed by atoms with van der Waals surface area (Å²) in [6.45, 7) is 8.17. The Kier molecular flexibility index (Phi) is 7.77. The Bertz CT molecular complexity index is 1960. The third kappa shape index (κ3) is 4.32. The number of anilines is 1. The van der Waals surface area contributed by atoms with Crippen LogP contribution in [0.4, 0.5) is 5.69 Å². The van der Waals surface area contributed by atoms with Gasteiger partial charge in [-0.25, -0.2) is 5.84 Å². The monoisotopic (exact) mass is 710 g/mol. The Balaban J connectivity index is 1.29. The van der Waals surface area contributed by atoms with Crippen LogP contribution in [0, 0.1) is 11.3 Å². The number of aliphatic hydroxyl groups excluding tert-OH is 1. The zero-order valence-electron chi connectivity index (χ0n) is 30.9. The van der Waals surface area contributed by atoms with Crippen LogP contribution in [0.1, 0.15) is 74.3 Å².